The van der Waals surface area contributed by atoms with Crippen molar-refractivity contribution in [1.29, 1.82) is 0 Å². The Morgan fingerprint density at radius 1 is 0.500 bits per heavy atom. The van der Waals surface area contributed by atoms with Gasteiger partial charge in [-0.3, -0.25) is 0 Å². The Labute approximate surface area is 137 Å². The predicted octanol–water partition coefficient (Wildman–Crippen LogP) is 4.95. The summed E-state index contributed by atoms with van der Waals surface area (Å²) in [6.07, 6.45) is 4.41. The molecule has 2 aromatic carbocycles. The molecule has 116 valence electrons. The van der Waals surface area contributed by atoms with Crippen molar-refractivity contribution in [3.8, 4) is 0 Å². The molecule has 0 bridgehead atoms. The Bertz CT molecular complexity index is 577. The van der Waals surface area contributed by atoms with E-state index in [1.165, 1.54) is 21.5 Å². The molecule has 0 aliphatic rings. The molecule has 0 atom stereocenters. The highest BCUT2D eigenvalue weighted by molar-refractivity contribution is 6.89. The molecule has 0 aliphatic carbocycles. The van der Waals surface area contributed by atoms with Gasteiger partial charge in [0.05, 0.1) is 16.1 Å². The van der Waals surface area contributed by atoms with Crippen LogP contribution >= 0.6 is 0 Å². The van der Waals surface area contributed by atoms with Gasteiger partial charge in [0.15, 0.2) is 0 Å². The van der Waals surface area contributed by atoms with Crippen LogP contribution in [0.5, 0.6) is 0 Å². The summed E-state index contributed by atoms with van der Waals surface area (Å²) in [5, 5.41) is 3.04. The second kappa shape index (κ2) is 6.39. The van der Waals surface area contributed by atoms with Crippen LogP contribution < -0.4 is 10.4 Å². The van der Waals surface area contributed by atoms with Crippen molar-refractivity contribution in [3.05, 3.63) is 59.7 Å². The molecule has 0 heterocycles. The average molecular weight is 325 g/mol. The predicted molar refractivity (Wildman–Crippen MR) is 108 cm³/mol. The highest BCUT2D eigenvalue weighted by Crippen LogP contribution is 2.10. The second-order valence-corrected chi connectivity index (χ2v) is 18.2. The molecule has 2 heteroatoms. The van der Waals surface area contributed by atoms with E-state index in [-0.39, 0.29) is 0 Å². The fourth-order valence-corrected chi connectivity index (χ4v) is 4.71. The molecular weight excluding hydrogens is 296 g/mol. The Morgan fingerprint density at radius 2 is 0.773 bits per heavy atom. The van der Waals surface area contributed by atoms with Crippen LogP contribution in [-0.4, -0.2) is 16.1 Å². The van der Waals surface area contributed by atoms with Gasteiger partial charge in [-0.15, -0.1) is 0 Å². The summed E-state index contributed by atoms with van der Waals surface area (Å²) in [6.45, 7) is 14.3. The highest BCUT2D eigenvalue weighted by atomic mass is 28.3. The van der Waals surface area contributed by atoms with E-state index in [1.807, 2.05) is 0 Å². The van der Waals surface area contributed by atoms with Gasteiger partial charge in [-0.05, 0) is 11.1 Å². The van der Waals surface area contributed by atoms with Crippen LogP contribution in [0.4, 0.5) is 0 Å². The molecule has 0 radical (unpaired) electrons. The van der Waals surface area contributed by atoms with Crippen molar-refractivity contribution in [2.24, 2.45) is 0 Å². The lowest BCUT2D eigenvalue weighted by Gasteiger charge is -2.16. The summed E-state index contributed by atoms with van der Waals surface area (Å²) < 4.78 is 0. The first-order valence-electron chi connectivity index (χ1n) is 8.05. The Kier molecular flexibility index (Phi) is 4.93. The Morgan fingerprint density at radius 3 is 1.00 bits per heavy atom. The summed E-state index contributed by atoms with van der Waals surface area (Å²) >= 11 is 0. The molecule has 2 aromatic rings. The zero-order chi connectivity index (χ0) is 16.4. The maximum absolute atomic E-state index is 2.39. The van der Waals surface area contributed by atoms with E-state index in [9.17, 15) is 0 Å². The van der Waals surface area contributed by atoms with Gasteiger partial charge < -0.3 is 0 Å². The van der Waals surface area contributed by atoms with E-state index in [4.69, 9.17) is 0 Å². The minimum atomic E-state index is -1.19. The topological polar surface area (TPSA) is 0 Å². The maximum atomic E-state index is 2.39. The van der Waals surface area contributed by atoms with Gasteiger partial charge in [-0.25, -0.2) is 0 Å². The van der Waals surface area contributed by atoms with Gasteiger partial charge in [0.2, 0.25) is 0 Å². The third-order valence-electron chi connectivity index (χ3n) is 4.02. The first-order chi connectivity index (χ1) is 10.2. The molecule has 0 aliphatic heterocycles. The lowest BCUT2D eigenvalue weighted by Crippen LogP contribution is -2.37. The van der Waals surface area contributed by atoms with Gasteiger partial charge in [0.1, 0.15) is 0 Å². The Hall–Kier alpha value is -1.39. The molecule has 0 amide bonds. The van der Waals surface area contributed by atoms with Gasteiger partial charge >= 0.3 is 0 Å². The molecule has 0 nitrogen and oxygen atoms in total. The maximum Gasteiger partial charge on any atom is 0.0775 e. The Balaban J connectivity index is 2.12. The summed E-state index contributed by atoms with van der Waals surface area (Å²) in [7, 11) is -2.38. The summed E-state index contributed by atoms with van der Waals surface area (Å²) in [5.41, 5.74) is 2.55. The number of hydrogen-bond acceptors (Lipinski definition) is 0. The molecule has 0 N–H and O–H groups in total. The molecule has 0 saturated carbocycles. The number of rotatable bonds is 4. The normalized spacial score (nSPS) is 12.8. The summed E-state index contributed by atoms with van der Waals surface area (Å²) in [6, 6.07) is 18.1. The second-order valence-electron chi connectivity index (χ2n) is 8.08. The summed E-state index contributed by atoms with van der Waals surface area (Å²) in [4.78, 5) is 0. The monoisotopic (exact) mass is 324 g/mol. The average Bonchev–Trinajstić information content (AvgIpc) is 2.44. The molecule has 22 heavy (non-hydrogen) atoms. The van der Waals surface area contributed by atoms with Crippen molar-refractivity contribution in [1.82, 2.24) is 0 Å². The van der Waals surface area contributed by atoms with Crippen LogP contribution in [0.15, 0.2) is 48.5 Å². The van der Waals surface area contributed by atoms with Gasteiger partial charge in [-0.2, -0.15) is 0 Å². The smallest absolute Gasteiger partial charge is 0.0656 e. The van der Waals surface area contributed by atoms with E-state index >= 15 is 0 Å². The van der Waals surface area contributed by atoms with Crippen molar-refractivity contribution >= 4 is 38.7 Å². The third kappa shape index (κ3) is 4.55. The zero-order valence-corrected chi connectivity index (χ0v) is 16.8. The van der Waals surface area contributed by atoms with E-state index in [0.29, 0.717) is 0 Å². The van der Waals surface area contributed by atoms with Crippen molar-refractivity contribution in [2.45, 2.75) is 39.3 Å². The molecule has 0 fully saturated rings. The van der Waals surface area contributed by atoms with Crippen LogP contribution in [0.2, 0.25) is 39.3 Å². The first-order valence-corrected chi connectivity index (χ1v) is 15.1. The van der Waals surface area contributed by atoms with E-state index in [2.05, 4.69) is 100.0 Å². The SMILES string of the molecule is C[Si](C)(C)c1ccc(/C=C/c2ccc([Si](C)(C)C)cc2)cc1. The van der Waals surface area contributed by atoms with E-state index < -0.39 is 16.1 Å². The quantitative estimate of drug-likeness (QED) is 0.551. The zero-order valence-electron chi connectivity index (χ0n) is 14.8. The van der Waals surface area contributed by atoms with E-state index in [1.54, 1.807) is 0 Å². The van der Waals surface area contributed by atoms with Crippen molar-refractivity contribution in [2.75, 3.05) is 0 Å². The lowest BCUT2D eigenvalue weighted by molar-refractivity contribution is 1.63. The standard InChI is InChI=1S/C20H28Si2/c1-21(2,3)19-13-9-17(10-14-19)7-8-18-11-15-20(16-12-18)22(4,5)6/h7-16H,1-6H3/b8-7+. The van der Waals surface area contributed by atoms with E-state index in [0.717, 1.165) is 0 Å². The van der Waals surface area contributed by atoms with Gasteiger partial charge in [0, 0.05) is 0 Å². The van der Waals surface area contributed by atoms with Gasteiger partial charge in [-0.1, -0.05) is 110 Å². The summed E-state index contributed by atoms with van der Waals surface area (Å²) in [5.74, 6) is 0. The third-order valence-corrected chi connectivity index (χ3v) is 8.15. The molecule has 0 saturated heterocycles. The lowest BCUT2D eigenvalue weighted by atomic mass is 10.1. The molecule has 0 aromatic heterocycles. The largest absolute Gasteiger partial charge is 0.0775 e. The minimum Gasteiger partial charge on any atom is -0.0656 e. The minimum absolute atomic E-state index is 1.19. The molecule has 0 unspecified atom stereocenters. The number of benzene rings is 2. The molecular formula is C20H28Si2. The van der Waals surface area contributed by atoms with Crippen LogP contribution in [0.3, 0.4) is 0 Å². The molecule has 2 rings (SSSR count). The fraction of sp³-hybridized carbons (Fsp3) is 0.300. The van der Waals surface area contributed by atoms with Crippen LogP contribution in [0.25, 0.3) is 12.2 Å². The fourth-order valence-electron chi connectivity index (χ4n) is 2.38. The van der Waals surface area contributed by atoms with Crippen LogP contribution in [0, 0.1) is 0 Å². The van der Waals surface area contributed by atoms with Crippen LogP contribution in [-0.2, 0) is 0 Å². The highest BCUT2D eigenvalue weighted by Gasteiger charge is 2.16. The molecule has 0 spiro atoms. The van der Waals surface area contributed by atoms with Crippen LogP contribution in [0.1, 0.15) is 11.1 Å². The first kappa shape index (κ1) is 17.0. The van der Waals surface area contributed by atoms with Gasteiger partial charge in [0.25, 0.3) is 0 Å². The number of hydrogen-bond donors (Lipinski definition) is 0. The van der Waals surface area contributed by atoms with Crippen molar-refractivity contribution < 1.29 is 0 Å². The van der Waals surface area contributed by atoms with Crippen molar-refractivity contribution in [3.63, 3.8) is 0 Å².